The minimum Gasteiger partial charge on any atom is -0.391 e. The average Bonchev–Trinajstić information content (AvgIpc) is 2.39. The molecule has 3 nitrogen and oxygen atoms in total. The molecule has 0 heterocycles. The Morgan fingerprint density at radius 3 is 2.50 bits per heavy atom. The van der Waals surface area contributed by atoms with E-state index in [1.807, 2.05) is 44.2 Å². The van der Waals surface area contributed by atoms with Crippen LogP contribution in [0, 0.1) is 0 Å². The van der Waals surface area contributed by atoms with E-state index in [2.05, 4.69) is 0 Å². The number of hydrogen-bond acceptors (Lipinski definition) is 2. The molecule has 1 aromatic rings. The number of hydrogen-bond donors (Lipinski definition) is 1. The first-order chi connectivity index (χ1) is 8.67. The van der Waals surface area contributed by atoms with Gasteiger partial charge in [-0.1, -0.05) is 44.2 Å². The molecule has 1 atom stereocenters. The molecule has 0 spiro atoms. The number of aliphatic hydroxyl groups excluding tert-OH is 1. The molecule has 3 heteroatoms. The Bertz CT molecular complexity index is 351. The molecule has 1 N–H and O–H groups in total. The molecule has 1 aromatic carbocycles. The van der Waals surface area contributed by atoms with Gasteiger partial charge in [-0.05, 0) is 18.4 Å². The maximum atomic E-state index is 12.0. The fourth-order valence-electron chi connectivity index (χ4n) is 1.81. The molecule has 0 bridgehead atoms. The van der Waals surface area contributed by atoms with E-state index in [-0.39, 0.29) is 5.91 Å². The summed E-state index contributed by atoms with van der Waals surface area (Å²) in [6.07, 6.45) is 1.62. The van der Waals surface area contributed by atoms with Crippen LogP contribution in [-0.4, -0.2) is 28.6 Å². The third kappa shape index (κ3) is 4.88. The Morgan fingerprint density at radius 2 is 1.94 bits per heavy atom. The molecule has 0 aliphatic rings. The van der Waals surface area contributed by atoms with Gasteiger partial charge in [-0.25, -0.2) is 0 Å². The summed E-state index contributed by atoms with van der Waals surface area (Å²) in [5.41, 5.74) is 1.10. The van der Waals surface area contributed by atoms with E-state index in [0.717, 1.165) is 12.0 Å². The summed E-state index contributed by atoms with van der Waals surface area (Å²) in [6, 6.07) is 9.90. The van der Waals surface area contributed by atoms with Crippen LogP contribution >= 0.6 is 0 Å². The lowest BCUT2D eigenvalue weighted by Gasteiger charge is -2.25. The molecule has 0 fully saturated rings. The highest BCUT2D eigenvalue weighted by atomic mass is 16.3. The molecule has 0 aromatic heterocycles. The Balaban J connectivity index is 2.68. The van der Waals surface area contributed by atoms with Crippen molar-refractivity contribution in [2.45, 2.75) is 45.8 Å². The number of aliphatic hydroxyl groups is 1. The van der Waals surface area contributed by atoms with Crippen molar-refractivity contribution in [3.8, 4) is 0 Å². The molecule has 0 saturated carbocycles. The van der Waals surface area contributed by atoms with Crippen molar-refractivity contribution in [1.82, 2.24) is 4.90 Å². The maximum absolute atomic E-state index is 12.0. The Labute approximate surface area is 109 Å². The number of carbonyl (C=O) groups is 1. The topological polar surface area (TPSA) is 40.5 Å². The third-order valence-corrected chi connectivity index (χ3v) is 2.94. The molecular weight excluding hydrogens is 226 g/mol. The van der Waals surface area contributed by atoms with Gasteiger partial charge in [-0.15, -0.1) is 0 Å². The largest absolute Gasteiger partial charge is 0.391 e. The lowest BCUT2D eigenvalue weighted by molar-refractivity contribution is -0.133. The second kappa shape index (κ2) is 7.88. The average molecular weight is 249 g/mol. The van der Waals surface area contributed by atoms with Gasteiger partial charge in [-0.3, -0.25) is 4.79 Å². The van der Waals surface area contributed by atoms with Crippen LogP contribution in [0.3, 0.4) is 0 Å². The van der Waals surface area contributed by atoms with Crippen LogP contribution in [-0.2, 0) is 11.3 Å². The van der Waals surface area contributed by atoms with Crippen LogP contribution in [0.1, 0.15) is 38.7 Å². The zero-order chi connectivity index (χ0) is 13.4. The van der Waals surface area contributed by atoms with Gasteiger partial charge < -0.3 is 10.0 Å². The lowest BCUT2D eigenvalue weighted by Crippen LogP contribution is -2.36. The SMILES string of the molecule is CCCC(=O)N(Cc1ccccc1)CC(O)CC. The number of carbonyl (C=O) groups excluding carboxylic acids is 1. The maximum Gasteiger partial charge on any atom is 0.222 e. The van der Waals surface area contributed by atoms with Gasteiger partial charge >= 0.3 is 0 Å². The van der Waals surface area contributed by atoms with Crippen LogP contribution < -0.4 is 0 Å². The van der Waals surface area contributed by atoms with Gasteiger partial charge in [-0.2, -0.15) is 0 Å². The zero-order valence-electron chi connectivity index (χ0n) is 11.3. The van der Waals surface area contributed by atoms with Gasteiger partial charge in [0.2, 0.25) is 5.91 Å². The monoisotopic (exact) mass is 249 g/mol. The van der Waals surface area contributed by atoms with Crippen molar-refractivity contribution in [2.24, 2.45) is 0 Å². The Morgan fingerprint density at radius 1 is 1.28 bits per heavy atom. The van der Waals surface area contributed by atoms with Gasteiger partial charge in [0.15, 0.2) is 0 Å². The number of benzene rings is 1. The molecule has 0 aliphatic carbocycles. The molecule has 18 heavy (non-hydrogen) atoms. The second-order valence-electron chi connectivity index (χ2n) is 4.57. The number of amides is 1. The molecule has 0 radical (unpaired) electrons. The number of rotatable bonds is 7. The highest BCUT2D eigenvalue weighted by molar-refractivity contribution is 5.76. The summed E-state index contributed by atoms with van der Waals surface area (Å²) in [5.74, 6) is 0.119. The second-order valence-corrected chi connectivity index (χ2v) is 4.57. The quantitative estimate of drug-likeness (QED) is 0.807. The summed E-state index contributed by atoms with van der Waals surface area (Å²) in [4.78, 5) is 13.8. The first-order valence-electron chi connectivity index (χ1n) is 6.67. The van der Waals surface area contributed by atoms with Crippen LogP contribution in [0.4, 0.5) is 0 Å². The number of nitrogens with zero attached hydrogens (tertiary/aromatic N) is 1. The van der Waals surface area contributed by atoms with Crippen LogP contribution in [0.2, 0.25) is 0 Å². The van der Waals surface area contributed by atoms with E-state index >= 15 is 0 Å². The minimum atomic E-state index is -0.436. The first-order valence-corrected chi connectivity index (χ1v) is 6.67. The van der Waals surface area contributed by atoms with E-state index in [0.29, 0.717) is 25.9 Å². The van der Waals surface area contributed by atoms with Crippen LogP contribution in [0.5, 0.6) is 0 Å². The first kappa shape index (κ1) is 14.7. The van der Waals surface area contributed by atoms with Crippen LogP contribution in [0.15, 0.2) is 30.3 Å². The fourth-order valence-corrected chi connectivity index (χ4v) is 1.81. The molecular formula is C15H23NO2. The highest BCUT2D eigenvalue weighted by Crippen LogP contribution is 2.09. The van der Waals surface area contributed by atoms with Crippen LogP contribution in [0.25, 0.3) is 0 Å². The van der Waals surface area contributed by atoms with E-state index in [1.165, 1.54) is 0 Å². The molecule has 1 rings (SSSR count). The molecule has 0 aliphatic heterocycles. The van der Waals surface area contributed by atoms with Crippen molar-refractivity contribution >= 4 is 5.91 Å². The predicted molar refractivity (Wildman–Crippen MR) is 73.1 cm³/mol. The Hall–Kier alpha value is -1.35. The third-order valence-electron chi connectivity index (χ3n) is 2.94. The van der Waals surface area contributed by atoms with Crippen molar-refractivity contribution < 1.29 is 9.90 Å². The van der Waals surface area contributed by atoms with Crippen molar-refractivity contribution in [2.75, 3.05) is 6.54 Å². The van der Waals surface area contributed by atoms with Crippen molar-refractivity contribution in [1.29, 1.82) is 0 Å². The molecule has 100 valence electrons. The smallest absolute Gasteiger partial charge is 0.222 e. The lowest BCUT2D eigenvalue weighted by atomic mass is 10.1. The standard InChI is InChI=1S/C15H23NO2/c1-3-8-15(18)16(12-14(17)4-2)11-13-9-6-5-7-10-13/h5-7,9-10,14,17H,3-4,8,11-12H2,1-2H3. The van der Waals surface area contributed by atoms with Gasteiger partial charge in [0.05, 0.1) is 6.10 Å². The van der Waals surface area contributed by atoms with E-state index < -0.39 is 6.10 Å². The van der Waals surface area contributed by atoms with E-state index in [1.54, 1.807) is 4.90 Å². The molecule has 1 unspecified atom stereocenters. The zero-order valence-corrected chi connectivity index (χ0v) is 11.3. The summed E-state index contributed by atoms with van der Waals surface area (Å²) in [7, 11) is 0. The van der Waals surface area contributed by atoms with Gasteiger partial charge in [0.1, 0.15) is 0 Å². The fraction of sp³-hybridized carbons (Fsp3) is 0.533. The normalized spacial score (nSPS) is 12.2. The molecule has 1 amide bonds. The van der Waals surface area contributed by atoms with E-state index in [9.17, 15) is 9.90 Å². The van der Waals surface area contributed by atoms with E-state index in [4.69, 9.17) is 0 Å². The van der Waals surface area contributed by atoms with Crippen molar-refractivity contribution in [3.63, 3.8) is 0 Å². The summed E-state index contributed by atoms with van der Waals surface area (Å²) in [6.45, 7) is 4.92. The summed E-state index contributed by atoms with van der Waals surface area (Å²) < 4.78 is 0. The van der Waals surface area contributed by atoms with Crippen molar-refractivity contribution in [3.05, 3.63) is 35.9 Å². The molecule has 0 saturated heterocycles. The Kier molecular flexibility index (Phi) is 6.44. The highest BCUT2D eigenvalue weighted by Gasteiger charge is 2.16. The minimum absolute atomic E-state index is 0.119. The van der Waals surface area contributed by atoms with Gasteiger partial charge in [0.25, 0.3) is 0 Å². The summed E-state index contributed by atoms with van der Waals surface area (Å²) >= 11 is 0. The van der Waals surface area contributed by atoms with Gasteiger partial charge in [0, 0.05) is 19.5 Å². The summed E-state index contributed by atoms with van der Waals surface area (Å²) in [5, 5.41) is 9.73. The predicted octanol–water partition coefficient (Wildman–Crippen LogP) is 2.59.